The van der Waals surface area contributed by atoms with Crippen molar-refractivity contribution >= 4 is 22.4 Å². The van der Waals surface area contributed by atoms with Crippen molar-refractivity contribution in [2.75, 3.05) is 5.32 Å². The fourth-order valence-corrected chi connectivity index (χ4v) is 3.10. The van der Waals surface area contributed by atoms with Crippen molar-refractivity contribution in [1.29, 1.82) is 0 Å². The Morgan fingerprint density at radius 1 is 0.893 bits per heavy atom. The summed E-state index contributed by atoms with van der Waals surface area (Å²) in [5.41, 5.74) is -0.397. The zero-order valence-corrected chi connectivity index (χ0v) is 14.4. The number of halogens is 3. The number of hydrogen-bond donors (Lipinski definition) is 1. The average molecular weight is 381 g/mol. The molecule has 7 heteroatoms. The Balaban J connectivity index is 2.06. The highest BCUT2D eigenvalue weighted by molar-refractivity contribution is 5.86. The zero-order chi connectivity index (χ0) is 19.7. The highest BCUT2D eigenvalue weighted by Crippen LogP contribution is 2.34. The summed E-state index contributed by atoms with van der Waals surface area (Å²) in [4.78, 5) is 16.4. The first-order chi connectivity index (χ1) is 13.4. The Hall–Kier alpha value is -3.61. The van der Waals surface area contributed by atoms with E-state index in [0.29, 0.717) is 23.4 Å². The first-order valence-electron chi connectivity index (χ1n) is 8.43. The van der Waals surface area contributed by atoms with Crippen LogP contribution in [0.1, 0.15) is 5.56 Å². The van der Waals surface area contributed by atoms with Crippen LogP contribution in [0, 0.1) is 0 Å². The van der Waals surface area contributed by atoms with Crippen LogP contribution in [-0.2, 0) is 6.18 Å². The highest BCUT2D eigenvalue weighted by atomic mass is 19.4. The highest BCUT2D eigenvalue weighted by Gasteiger charge is 2.34. The van der Waals surface area contributed by atoms with E-state index < -0.39 is 22.6 Å². The van der Waals surface area contributed by atoms with Gasteiger partial charge in [0, 0.05) is 23.6 Å². The van der Waals surface area contributed by atoms with Gasteiger partial charge in [0.05, 0.1) is 22.7 Å². The monoisotopic (exact) mass is 381 g/mol. The van der Waals surface area contributed by atoms with Crippen molar-refractivity contribution < 1.29 is 13.2 Å². The lowest BCUT2D eigenvalue weighted by Crippen LogP contribution is -2.17. The van der Waals surface area contributed by atoms with Crippen LogP contribution in [0.15, 0.2) is 83.9 Å². The van der Waals surface area contributed by atoms with Gasteiger partial charge in [-0.15, -0.1) is 0 Å². The van der Waals surface area contributed by atoms with Gasteiger partial charge in [-0.2, -0.15) is 13.2 Å². The molecule has 4 rings (SSSR count). The SMILES string of the molecule is O=c1cc(Nc2ccccc2)n(-c2ccccc2)c2cncc(C(F)(F)F)c12. The molecule has 0 amide bonds. The number of nitrogens with one attached hydrogen (secondary N) is 1. The molecule has 0 unspecified atom stereocenters. The summed E-state index contributed by atoms with van der Waals surface area (Å²) in [6.45, 7) is 0. The molecule has 0 atom stereocenters. The number of alkyl halides is 3. The number of aromatic nitrogens is 2. The molecule has 0 saturated carbocycles. The predicted molar refractivity (Wildman–Crippen MR) is 102 cm³/mol. The molecule has 0 saturated heterocycles. The maximum Gasteiger partial charge on any atom is 0.418 e. The third kappa shape index (κ3) is 3.22. The van der Waals surface area contributed by atoms with Gasteiger partial charge in [-0.1, -0.05) is 36.4 Å². The van der Waals surface area contributed by atoms with E-state index in [1.165, 1.54) is 12.3 Å². The minimum atomic E-state index is -4.69. The molecule has 0 aliphatic heterocycles. The zero-order valence-electron chi connectivity index (χ0n) is 14.4. The minimum absolute atomic E-state index is 0.0759. The molecule has 2 heterocycles. The Morgan fingerprint density at radius 3 is 2.18 bits per heavy atom. The van der Waals surface area contributed by atoms with E-state index in [-0.39, 0.29) is 5.52 Å². The normalized spacial score (nSPS) is 11.5. The maximum absolute atomic E-state index is 13.5. The van der Waals surface area contributed by atoms with Gasteiger partial charge in [0.2, 0.25) is 0 Å². The molecule has 0 aliphatic carbocycles. The van der Waals surface area contributed by atoms with Gasteiger partial charge < -0.3 is 5.32 Å². The Morgan fingerprint density at radius 2 is 1.54 bits per heavy atom. The molecule has 140 valence electrons. The summed E-state index contributed by atoms with van der Waals surface area (Å²) < 4.78 is 42.0. The lowest BCUT2D eigenvalue weighted by Gasteiger charge is -2.19. The summed E-state index contributed by atoms with van der Waals surface area (Å²) in [5.74, 6) is 0.344. The molecule has 2 aromatic carbocycles. The fourth-order valence-electron chi connectivity index (χ4n) is 3.10. The Labute approximate surface area is 157 Å². The molecule has 2 aromatic heterocycles. The molecular formula is C21H14F3N3O. The minimum Gasteiger partial charge on any atom is -0.341 e. The number of fused-ring (bicyclic) bond motifs is 1. The lowest BCUT2D eigenvalue weighted by molar-refractivity contribution is -0.136. The van der Waals surface area contributed by atoms with Gasteiger partial charge in [-0.3, -0.25) is 14.3 Å². The first kappa shape index (κ1) is 17.8. The number of hydrogen-bond acceptors (Lipinski definition) is 3. The van der Waals surface area contributed by atoms with E-state index >= 15 is 0 Å². The van der Waals surface area contributed by atoms with Crippen molar-refractivity contribution in [1.82, 2.24) is 9.55 Å². The molecule has 0 radical (unpaired) electrons. The van der Waals surface area contributed by atoms with Crippen LogP contribution in [0.2, 0.25) is 0 Å². The van der Waals surface area contributed by atoms with Crippen molar-refractivity contribution in [2.45, 2.75) is 6.18 Å². The van der Waals surface area contributed by atoms with Gasteiger partial charge >= 0.3 is 6.18 Å². The second-order valence-corrected chi connectivity index (χ2v) is 6.13. The summed E-state index contributed by atoms with van der Waals surface area (Å²) in [6.07, 6.45) is -2.73. The number of para-hydroxylation sites is 2. The van der Waals surface area contributed by atoms with Gasteiger partial charge in [0.25, 0.3) is 0 Å². The Bertz CT molecular complexity index is 1190. The molecular weight excluding hydrogens is 367 g/mol. The van der Waals surface area contributed by atoms with E-state index in [9.17, 15) is 18.0 Å². The number of benzene rings is 2. The molecule has 4 nitrogen and oxygen atoms in total. The van der Waals surface area contributed by atoms with Crippen LogP contribution in [0.5, 0.6) is 0 Å². The fraction of sp³-hybridized carbons (Fsp3) is 0.0476. The van der Waals surface area contributed by atoms with E-state index in [0.717, 1.165) is 0 Å². The van der Waals surface area contributed by atoms with Crippen molar-refractivity contribution in [3.63, 3.8) is 0 Å². The third-order valence-corrected chi connectivity index (χ3v) is 4.29. The standard InChI is InChI=1S/C21H14F3N3O/c22-21(23,24)16-12-25-13-17-20(16)18(28)11-19(26-14-7-3-1-4-8-14)27(17)15-9-5-2-6-10-15/h1-13,26H. The summed E-state index contributed by atoms with van der Waals surface area (Å²) in [5, 5.41) is 2.70. The van der Waals surface area contributed by atoms with Crippen molar-refractivity contribution in [3.05, 3.63) is 94.9 Å². The third-order valence-electron chi connectivity index (χ3n) is 4.29. The van der Waals surface area contributed by atoms with E-state index in [1.807, 2.05) is 18.2 Å². The number of nitrogens with zero attached hydrogens (tertiary/aromatic N) is 2. The number of rotatable bonds is 3. The molecule has 0 spiro atoms. The van der Waals surface area contributed by atoms with Crippen LogP contribution in [0.25, 0.3) is 16.6 Å². The average Bonchev–Trinajstić information content (AvgIpc) is 2.68. The second-order valence-electron chi connectivity index (χ2n) is 6.13. The second kappa shape index (κ2) is 6.84. The molecule has 0 bridgehead atoms. The number of anilines is 2. The van der Waals surface area contributed by atoms with Crippen LogP contribution in [-0.4, -0.2) is 9.55 Å². The molecule has 28 heavy (non-hydrogen) atoms. The van der Waals surface area contributed by atoms with E-state index in [2.05, 4.69) is 10.3 Å². The van der Waals surface area contributed by atoms with Crippen molar-refractivity contribution in [2.24, 2.45) is 0 Å². The summed E-state index contributed by atoms with van der Waals surface area (Å²) in [7, 11) is 0. The van der Waals surface area contributed by atoms with Gasteiger partial charge in [-0.05, 0) is 24.3 Å². The molecule has 0 fully saturated rings. The van der Waals surface area contributed by atoms with Gasteiger partial charge in [-0.25, -0.2) is 0 Å². The maximum atomic E-state index is 13.5. The summed E-state index contributed by atoms with van der Waals surface area (Å²) in [6, 6.07) is 19.1. The first-order valence-corrected chi connectivity index (χ1v) is 8.43. The summed E-state index contributed by atoms with van der Waals surface area (Å²) >= 11 is 0. The topological polar surface area (TPSA) is 46.9 Å². The van der Waals surface area contributed by atoms with Crippen molar-refractivity contribution in [3.8, 4) is 5.69 Å². The van der Waals surface area contributed by atoms with Crippen LogP contribution >= 0.6 is 0 Å². The van der Waals surface area contributed by atoms with Gasteiger partial charge in [0.15, 0.2) is 5.43 Å². The van der Waals surface area contributed by atoms with E-state index in [1.54, 1.807) is 47.0 Å². The van der Waals surface area contributed by atoms with Crippen LogP contribution in [0.4, 0.5) is 24.7 Å². The quantitative estimate of drug-likeness (QED) is 0.534. The largest absolute Gasteiger partial charge is 0.418 e. The van der Waals surface area contributed by atoms with Crippen LogP contribution < -0.4 is 10.7 Å². The molecule has 1 N–H and O–H groups in total. The molecule has 0 aliphatic rings. The molecule has 4 aromatic rings. The number of pyridine rings is 2. The van der Waals surface area contributed by atoms with Gasteiger partial charge in [0.1, 0.15) is 5.82 Å². The Kier molecular flexibility index (Phi) is 4.35. The van der Waals surface area contributed by atoms with Crippen LogP contribution in [0.3, 0.4) is 0 Å². The predicted octanol–water partition coefficient (Wildman–Crippen LogP) is 5.15. The smallest absolute Gasteiger partial charge is 0.341 e. The lowest BCUT2D eigenvalue weighted by atomic mass is 10.1. The van der Waals surface area contributed by atoms with E-state index in [4.69, 9.17) is 0 Å².